The number of unbranched alkanes of at least 4 members (excludes halogenated alkanes) is 25. The predicted octanol–water partition coefficient (Wildman–Crippen LogP) is 8.94. The molecular formula is C47H91NO9. The Morgan fingerprint density at radius 1 is 0.649 bits per heavy atom. The van der Waals surface area contributed by atoms with Crippen molar-refractivity contribution < 1.29 is 44.9 Å². The van der Waals surface area contributed by atoms with E-state index in [0.29, 0.717) is 6.42 Å². The minimum absolute atomic E-state index is 0.303. The fourth-order valence-electron chi connectivity index (χ4n) is 7.67. The van der Waals surface area contributed by atoms with Crippen LogP contribution in [0.3, 0.4) is 0 Å². The Kier molecular flexibility index (Phi) is 34.7. The molecule has 0 aromatic rings. The van der Waals surface area contributed by atoms with Gasteiger partial charge in [0, 0.05) is 0 Å². The number of allylic oxidation sites excluding steroid dienone is 1. The summed E-state index contributed by atoms with van der Waals surface area (Å²) in [6.07, 6.45) is 30.1. The average Bonchev–Trinajstić information content (AvgIpc) is 3.21. The average molecular weight is 814 g/mol. The minimum Gasteiger partial charge on any atom is -0.394 e. The molecule has 0 radical (unpaired) electrons. The second-order valence-corrected chi connectivity index (χ2v) is 17.3. The molecule has 1 saturated heterocycles. The van der Waals surface area contributed by atoms with Gasteiger partial charge in [-0.25, -0.2) is 0 Å². The largest absolute Gasteiger partial charge is 0.394 e. The lowest BCUT2D eigenvalue weighted by Gasteiger charge is -2.40. The molecule has 0 aromatic heterocycles. The number of amides is 1. The van der Waals surface area contributed by atoms with Crippen LogP contribution >= 0.6 is 0 Å². The molecule has 1 aliphatic rings. The fourth-order valence-corrected chi connectivity index (χ4v) is 7.67. The SMILES string of the molecule is CCCCCCCCCCCCCCCCCCCCCC(O)C(=O)NC(COC1OC(CO)C(O)C(O)C1O)C(O)C=CCCCCCCCCCC(C)CC. The second kappa shape index (κ2) is 36.7. The molecule has 10 nitrogen and oxygen atoms in total. The summed E-state index contributed by atoms with van der Waals surface area (Å²) >= 11 is 0. The maximum absolute atomic E-state index is 13.0. The van der Waals surface area contributed by atoms with Crippen molar-refractivity contribution in [2.24, 2.45) is 5.92 Å². The van der Waals surface area contributed by atoms with E-state index in [1.807, 2.05) is 6.08 Å². The summed E-state index contributed by atoms with van der Waals surface area (Å²) in [5.74, 6) is 0.203. The number of hydrogen-bond donors (Lipinski definition) is 7. The zero-order valence-corrected chi connectivity index (χ0v) is 36.9. The van der Waals surface area contributed by atoms with Crippen LogP contribution in [0.2, 0.25) is 0 Å². The van der Waals surface area contributed by atoms with Crippen molar-refractivity contribution in [1.82, 2.24) is 5.32 Å². The highest BCUT2D eigenvalue weighted by Gasteiger charge is 2.44. The highest BCUT2D eigenvalue weighted by atomic mass is 16.7. The van der Waals surface area contributed by atoms with Gasteiger partial charge in [-0.15, -0.1) is 0 Å². The molecule has 1 amide bonds. The lowest BCUT2D eigenvalue weighted by molar-refractivity contribution is -0.302. The first kappa shape index (κ1) is 53.9. The standard InChI is InChI=1S/C47H91NO9/c1-4-6-7-8-9-10-11-12-13-14-15-16-17-18-19-22-26-29-32-35-41(51)46(55)48-39(37-56-47-45(54)44(53)43(52)42(36-49)57-47)40(50)34-31-28-25-23-20-21-24-27-30-33-38(3)5-2/h31,34,38-45,47,49-54H,4-30,32-33,35-37H2,1-3H3,(H,48,55). The molecule has 1 aliphatic heterocycles. The zero-order chi connectivity index (χ0) is 41.9. The maximum Gasteiger partial charge on any atom is 0.249 e. The first-order valence-corrected chi connectivity index (χ1v) is 23.9. The molecule has 1 rings (SSSR count). The number of nitrogens with one attached hydrogen (secondary N) is 1. The van der Waals surface area contributed by atoms with E-state index in [1.54, 1.807) is 6.08 Å². The Labute approximate surface area is 349 Å². The van der Waals surface area contributed by atoms with E-state index in [4.69, 9.17) is 9.47 Å². The molecule has 7 N–H and O–H groups in total. The van der Waals surface area contributed by atoms with Gasteiger partial charge in [0.2, 0.25) is 5.91 Å². The number of aliphatic hydroxyl groups is 6. The summed E-state index contributed by atoms with van der Waals surface area (Å²) in [5, 5.41) is 64.7. The van der Waals surface area contributed by atoms with Crippen molar-refractivity contribution in [1.29, 1.82) is 0 Å². The molecule has 338 valence electrons. The minimum atomic E-state index is -1.61. The van der Waals surface area contributed by atoms with Crippen LogP contribution in [0.1, 0.15) is 213 Å². The molecule has 0 aromatic carbocycles. The number of carbonyl (C=O) groups is 1. The maximum atomic E-state index is 13.0. The topological polar surface area (TPSA) is 169 Å². The number of carbonyl (C=O) groups excluding carboxylic acids is 1. The summed E-state index contributed by atoms with van der Waals surface area (Å²) in [6, 6.07) is -0.976. The van der Waals surface area contributed by atoms with Crippen LogP contribution in [0.4, 0.5) is 0 Å². The van der Waals surface area contributed by atoms with Gasteiger partial charge in [0.15, 0.2) is 6.29 Å². The number of hydrogen-bond acceptors (Lipinski definition) is 9. The summed E-state index contributed by atoms with van der Waals surface area (Å²) < 4.78 is 11.1. The van der Waals surface area contributed by atoms with Gasteiger partial charge in [-0.3, -0.25) is 4.79 Å². The third kappa shape index (κ3) is 27.4. The van der Waals surface area contributed by atoms with Crippen molar-refractivity contribution in [2.75, 3.05) is 13.2 Å². The molecule has 0 spiro atoms. The fraction of sp³-hybridized carbons (Fsp3) is 0.936. The van der Waals surface area contributed by atoms with Gasteiger partial charge in [0.05, 0.1) is 25.4 Å². The van der Waals surface area contributed by atoms with Crippen LogP contribution in [0.25, 0.3) is 0 Å². The van der Waals surface area contributed by atoms with Gasteiger partial charge in [0.1, 0.15) is 30.5 Å². The lowest BCUT2D eigenvalue weighted by Crippen LogP contribution is -2.60. The lowest BCUT2D eigenvalue weighted by atomic mass is 9.99. The van der Waals surface area contributed by atoms with Crippen LogP contribution in [-0.4, -0.2) is 98.7 Å². The molecule has 0 aliphatic carbocycles. The van der Waals surface area contributed by atoms with Gasteiger partial charge in [-0.2, -0.15) is 0 Å². The van der Waals surface area contributed by atoms with Gasteiger partial charge in [0.25, 0.3) is 0 Å². The Morgan fingerprint density at radius 3 is 1.58 bits per heavy atom. The van der Waals surface area contributed by atoms with E-state index in [9.17, 15) is 35.4 Å². The zero-order valence-electron chi connectivity index (χ0n) is 36.9. The van der Waals surface area contributed by atoms with Crippen molar-refractivity contribution in [3.63, 3.8) is 0 Å². The van der Waals surface area contributed by atoms with Gasteiger partial charge in [-0.1, -0.05) is 206 Å². The molecule has 1 heterocycles. The first-order valence-electron chi connectivity index (χ1n) is 23.9. The van der Waals surface area contributed by atoms with E-state index < -0.39 is 61.5 Å². The van der Waals surface area contributed by atoms with Crippen LogP contribution < -0.4 is 5.32 Å². The van der Waals surface area contributed by atoms with Gasteiger partial charge < -0.3 is 45.4 Å². The number of ether oxygens (including phenoxy) is 2. The molecule has 0 saturated carbocycles. The van der Waals surface area contributed by atoms with Gasteiger partial charge >= 0.3 is 0 Å². The third-order valence-electron chi connectivity index (χ3n) is 12.0. The molecular weight excluding hydrogens is 723 g/mol. The predicted molar refractivity (Wildman–Crippen MR) is 232 cm³/mol. The quantitative estimate of drug-likeness (QED) is 0.0237. The van der Waals surface area contributed by atoms with Crippen molar-refractivity contribution in [2.45, 2.75) is 262 Å². The normalized spacial score (nSPS) is 22.2. The van der Waals surface area contributed by atoms with E-state index in [0.717, 1.165) is 50.9 Å². The highest BCUT2D eigenvalue weighted by Crippen LogP contribution is 2.23. The van der Waals surface area contributed by atoms with E-state index in [-0.39, 0.29) is 6.61 Å². The van der Waals surface area contributed by atoms with Crippen LogP contribution in [0.15, 0.2) is 12.2 Å². The summed E-state index contributed by atoms with van der Waals surface area (Å²) in [4.78, 5) is 13.0. The monoisotopic (exact) mass is 814 g/mol. The molecule has 57 heavy (non-hydrogen) atoms. The summed E-state index contributed by atoms with van der Waals surface area (Å²) in [5.41, 5.74) is 0. The summed E-state index contributed by atoms with van der Waals surface area (Å²) in [7, 11) is 0. The van der Waals surface area contributed by atoms with E-state index in [1.165, 1.54) is 141 Å². The Morgan fingerprint density at radius 2 is 1.11 bits per heavy atom. The van der Waals surface area contributed by atoms with Crippen molar-refractivity contribution in [3.05, 3.63) is 12.2 Å². The Balaban J connectivity index is 2.37. The molecule has 1 fully saturated rings. The highest BCUT2D eigenvalue weighted by molar-refractivity contribution is 5.80. The van der Waals surface area contributed by atoms with Crippen LogP contribution in [0, 0.1) is 5.92 Å². The van der Waals surface area contributed by atoms with Crippen LogP contribution in [0.5, 0.6) is 0 Å². The number of rotatable bonds is 39. The third-order valence-corrected chi connectivity index (χ3v) is 12.0. The van der Waals surface area contributed by atoms with E-state index in [2.05, 4.69) is 26.1 Å². The molecule has 9 atom stereocenters. The second-order valence-electron chi connectivity index (χ2n) is 17.3. The van der Waals surface area contributed by atoms with E-state index >= 15 is 0 Å². The Hall–Kier alpha value is -1.11. The number of aliphatic hydroxyl groups excluding tert-OH is 6. The summed E-state index contributed by atoms with van der Waals surface area (Å²) in [6.45, 7) is 5.94. The van der Waals surface area contributed by atoms with Crippen molar-refractivity contribution >= 4 is 5.91 Å². The van der Waals surface area contributed by atoms with Crippen molar-refractivity contribution in [3.8, 4) is 0 Å². The molecule has 0 bridgehead atoms. The van der Waals surface area contributed by atoms with Gasteiger partial charge in [-0.05, 0) is 25.2 Å². The first-order chi connectivity index (χ1) is 27.7. The Bertz CT molecular complexity index is 937. The smallest absolute Gasteiger partial charge is 0.249 e. The van der Waals surface area contributed by atoms with Crippen LogP contribution in [-0.2, 0) is 14.3 Å². The molecule has 10 heteroatoms. The molecule has 9 unspecified atom stereocenters.